The van der Waals surface area contributed by atoms with Gasteiger partial charge in [0.2, 0.25) is 0 Å². The number of ether oxygens (including phenoxy) is 2. The summed E-state index contributed by atoms with van der Waals surface area (Å²) in [7, 11) is 1.61. The molecule has 0 saturated heterocycles. The molecule has 0 aliphatic heterocycles. The molecule has 0 radical (unpaired) electrons. The van der Waals surface area contributed by atoms with Crippen LogP contribution >= 0.6 is 11.3 Å². The summed E-state index contributed by atoms with van der Waals surface area (Å²) in [5.74, 6) is 0.559. The van der Waals surface area contributed by atoms with Crippen LogP contribution in [-0.2, 0) is 6.61 Å². The lowest BCUT2D eigenvalue weighted by atomic mass is 10.1. The summed E-state index contributed by atoms with van der Waals surface area (Å²) in [4.78, 5) is 11.4. The first kappa shape index (κ1) is 14.4. The third-order valence-electron chi connectivity index (χ3n) is 3.36. The Hall–Kier alpha value is -2.53. The van der Waals surface area contributed by atoms with E-state index in [-0.39, 0.29) is 0 Å². The fraction of sp³-hybridized carbons (Fsp3) is 0.118. The average molecular weight is 314 g/mol. The molecule has 3 aromatic rings. The predicted octanol–water partition coefficient (Wildman–Crippen LogP) is 4.19. The van der Waals surface area contributed by atoms with Crippen molar-refractivity contribution in [3.63, 3.8) is 0 Å². The van der Waals surface area contributed by atoms with Crippen molar-refractivity contribution >= 4 is 27.4 Å². The van der Waals surface area contributed by atoms with E-state index in [9.17, 15) is 9.90 Å². The van der Waals surface area contributed by atoms with Crippen molar-refractivity contribution in [1.29, 1.82) is 0 Å². The van der Waals surface area contributed by atoms with E-state index in [2.05, 4.69) is 0 Å². The number of benzene rings is 2. The topological polar surface area (TPSA) is 55.8 Å². The third-order valence-corrected chi connectivity index (χ3v) is 4.36. The number of aromatic carboxylic acids is 1. The molecule has 1 aromatic heterocycles. The summed E-state index contributed by atoms with van der Waals surface area (Å²) in [6, 6.07) is 12.6. The molecule has 2 aromatic carbocycles. The summed E-state index contributed by atoms with van der Waals surface area (Å²) < 4.78 is 11.8. The number of rotatable bonds is 5. The van der Waals surface area contributed by atoms with Gasteiger partial charge in [0, 0.05) is 15.6 Å². The molecule has 0 amide bonds. The van der Waals surface area contributed by atoms with Crippen LogP contribution in [0.3, 0.4) is 0 Å². The number of fused-ring (bicyclic) bond motifs is 1. The van der Waals surface area contributed by atoms with Crippen LogP contribution < -0.4 is 9.47 Å². The van der Waals surface area contributed by atoms with Crippen LogP contribution in [0.5, 0.6) is 11.5 Å². The Kier molecular flexibility index (Phi) is 3.98. The first-order valence-electron chi connectivity index (χ1n) is 6.68. The first-order valence-corrected chi connectivity index (χ1v) is 7.56. The molecule has 0 unspecified atom stereocenters. The number of hydrogen-bond donors (Lipinski definition) is 1. The summed E-state index contributed by atoms with van der Waals surface area (Å²) >= 11 is 1.52. The van der Waals surface area contributed by atoms with Gasteiger partial charge >= 0.3 is 5.97 Å². The maximum absolute atomic E-state index is 11.4. The largest absolute Gasteiger partial charge is 0.497 e. The van der Waals surface area contributed by atoms with Crippen molar-refractivity contribution in [3.05, 3.63) is 59.0 Å². The van der Waals surface area contributed by atoms with Crippen LogP contribution in [0.15, 0.2) is 47.8 Å². The second-order valence-electron chi connectivity index (χ2n) is 4.71. The quantitative estimate of drug-likeness (QED) is 0.767. The monoisotopic (exact) mass is 314 g/mol. The minimum absolute atomic E-state index is 0.312. The summed E-state index contributed by atoms with van der Waals surface area (Å²) in [5.41, 5.74) is 1.20. The lowest BCUT2D eigenvalue weighted by Gasteiger charge is -2.07. The third kappa shape index (κ3) is 2.76. The van der Waals surface area contributed by atoms with Gasteiger partial charge in [0.15, 0.2) is 0 Å². The van der Waals surface area contributed by atoms with Crippen molar-refractivity contribution in [2.45, 2.75) is 6.61 Å². The SMILES string of the molecule is COc1ccc(OCc2csc3cccc(C(=O)O)c23)cc1. The smallest absolute Gasteiger partial charge is 0.336 e. The maximum atomic E-state index is 11.4. The number of hydrogen-bond acceptors (Lipinski definition) is 4. The van der Waals surface area contributed by atoms with E-state index in [0.717, 1.165) is 21.4 Å². The van der Waals surface area contributed by atoms with Gasteiger partial charge in [-0.15, -0.1) is 11.3 Å². The molecule has 4 nitrogen and oxygen atoms in total. The molecule has 0 saturated carbocycles. The van der Waals surface area contributed by atoms with Gasteiger partial charge in [0.05, 0.1) is 12.7 Å². The summed E-state index contributed by atoms with van der Waals surface area (Å²) in [6.07, 6.45) is 0. The highest BCUT2D eigenvalue weighted by molar-refractivity contribution is 7.17. The highest BCUT2D eigenvalue weighted by atomic mass is 32.1. The second kappa shape index (κ2) is 6.07. The molecule has 3 rings (SSSR count). The van der Waals surface area contributed by atoms with E-state index in [1.165, 1.54) is 11.3 Å². The van der Waals surface area contributed by atoms with Gasteiger partial charge in [-0.3, -0.25) is 0 Å². The molecule has 1 heterocycles. The van der Waals surface area contributed by atoms with Crippen molar-refractivity contribution in [1.82, 2.24) is 0 Å². The molecule has 0 aliphatic carbocycles. The molecule has 0 spiro atoms. The molecule has 0 bridgehead atoms. The van der Waals surface area contributed by atoms with Gasteiger partial charge in [0.25, 0.3) is 0 Å². The fourth-order valence-corrected chi connectivity index (χ4v) is 3.24. The van der Waals surface area contributed by atoms with E-state index >= 15 is 0 Å². The molecule has 5 heteroatoms. The van der Waals surface area contributed by atoms with Gasteiger partial charge in [-0.25, -0.2) is 4.79 Å². The van der Waals surface area contributed by atoms with Crippen molar-refractivity contribution < 1.29 is 19.4 Å². The fourth-order valence-electron chi connectivity index (χ4n) is 2.27. The molecular formula is C17H14O4S. The summed E-state index contributed by atoms with van der Waals surface area (Å²) in [6.45, 7) is 0.330. The standard InChI is InChI=1S/C17H14O4S/c1-20-12-5-7-13(8-6-12)21-9-11-10-22-15-4-2-3-14(16(11)15)17(18)19/h2-8,10H,9H2,1H3,(H,18,19). The van der Waals surface area contributed by atoms with Crippen LogP contribution in [0.1, 0.15) is 15.9 Å². The maximum Gasteiger partial charge on any atom is 0.336 e. The highest BCUT2D eigenvalue weighted by Gasteiger charge is 2.14. The highest BCUT2D eigenvalue weighted by Crippen LogP contribution is 2.30. The van der Waals surface area contributed by atoms with E-state index in [1.54, 1.807) is 19.2 Å². The molecule has 0 atom stereocenters. The number of methoxy groups -OCH3 is 1. The van der Waals surface area contributed by atoms with Crippen LogP contribution in [0.25, 0.3) is 10.1 Å². The Morgan fingerprint density at radius 1 is 1.14 bits per heavy atom. The average Bonchev–Trinajstić information content (AvgIpc) is 2.96. The second-order valence-corrected chi connectivity index (χ2v) is 5.62. The van der Waals surface area contributed by atoms with Gasteiger partial charge < -0.3 is 14.6 Å². The first-order chi connectivity index (χ1) is 10.7. The zero-order chi connectivity index (χ0) is 15.5. The molecular weight excluding hydrogens is 300 g/mol. The van der Waals surface area contributed by atoms with E-state index in [0.29, 0.717) is 17.9 Å². The number of carbonyl (C=O) groups is 1. The predicted molar refractivity (Wildman–Crippen MR) is 86.1 cm³/mol. The van der Waals surface area contributed by atoms with Crippen molar-refractivity contribution in [2.24, 2.45) is 0 Å². The van der Waals surface area contributed by atoms with Crippen LogP contribution in [0.4, 0.5) is 0 Å². The molecule has 112 valence electrons. The van der Waals surface area contributed by atoms with E-state index in [4.69, 9.17) is 9.47 Å². The van der Waals surface area contributed by atoms with Gasteiger partial charge in [-0.2, -0.15) is 0 Å². The normalized spacial score (nSPS) is 10.6. The Labute approximate surface area is 131 Å². The minimum Gasteiger partial charge on any atom is -0.497 e. The van der Waals surface area contributed by atoms with Gasteiger partial charge in [0.1, 0.15) is 18.1 Å². The molecule has 1 N–H and O–H groups in total. The molecule has 0 aliphatic rings. The zero-order valence-electron chi connectivity index (χ0n) is 11.9. The lowest BCUT2D eigenvalue weighted by Crippen LogP contribution is -2.00. The number of thiophene rings is 1. The van der Waals surface area contributed by atoms with Crippen molar-refractivity contribution in [2.75, 3.05) is 7.11 Å². The minimum atomic E-state index is -0.922. The van der Waals surface area contributed by atoms with Crippen LogP contribution in [-0.4, -0.2) is 18.2 Å². The van der Waals surface area contributed by atoms with E-state index < -0.39 is 5.97 Å². The zero-order valence-corrected chi connectivity index (χ0v) is 12.7. The summed E-state index contributed by atoms with van der Waals surface area (Å²) in [5, 5.41) is 12.0. The Bertz CT molecular complexity index is 805. The van der Waals surface area contributed by atoms with E-state index in [1.807, 2.05) is 35.7 Å². The number of carboxylic acids is 1. The Morgan fingerprint density at radius 2 is 1.86 bits per heavy atom. The molecule has 22 heavy (non-hydrogen) atoms. The van der Waals surface area contributed by atoms with Gasteiger partial charge in [-0.05, 0) is 41.8 Å². The van der Waals surface area contributed by atoms with Crippen LogP contribution in [0.2, 0.25) is 0 Å². The lowest BCUT2D eigenvalue weighted by molar-refractivity contribution is 0.0699. The molecule has 0 fully saturated rings. The Morgan fingerprint density at radius 3 is 2.55 bits per heavy atom. The van der Waals surface area contributed by atoms with Gasteiger partial charge in [-0.1, -0.05) is 6.07 Å². The van der Waals surface area contributed by atoms with Crippen LogP contribution in [0, 0.1) is 0 Å². The Balaban J connectivity index is 1.86. The number of carboxylic acid groups (broad SMARTS) is 1. The van der Waals surface area contributed by atoms with Crippen molar-refractivity contribution in [3.8, 4) is 11.5 Å².